The molecule has 1 rings (SSSR count). The monoisotopic (exact) mass is 199 g/mol. The Morgan fingerprint density at radius 3 is 2.43 bits per heavy atom. The fourth-order valence-corrected chi connectivity index (χ4v) is 1.89. The molecule has 1 saturated carbocycles. The van der Waals surface area contributed by atoms with Gasteiger partial charge < -0.3 is 0 Å². The SMILES string of the molecule is CCC(CC)C(=O)NOC1CCCC1. The van der Waals surface area contributed by atoms with E-state index in [1.54, 1.807) is 0 Å². The van der Waals surface area contributed by atoms with Crippen LogP contribution in [0.25, 0.3) is 0 Å². The molecule has 0 aliphatic heterocycles. The molecule has 0 bridgehead atoms. The van der Waals surface area contributed by atoms with Crippen LogP contribution in [0.4, 0.5) is 0 Å². The average molecular weight is 199 g/mol. The minimum Gasteiger partial charge on any atom is -0.273 e. The number of hydroxylamine groups is 1. The van der Waals surface area contributed by atoms with E-state index in [1.165, 1.54) is 12.8 Å². The van der Waals surface area contributed by atoms with E-state index in [0.29, 0.717) is 0 Å². The number of carbonyl (C=O) groups is 1. The summed E-state index contributed by atoms with van der Waals surface area (Å²) >= 11 is 0. The van der Waals surface area contributed by atoms with Crippen molar-refractivity contribution < 1.29 is 9.63 Å². The molecule has 3 nitrogen and oxygen atoms in total. The second kappa shape index (κ2) is 6.02. The molecular formula is C11H21NO2. The van der Waals surface area contributed by atoms with Crippen molar-refractivity contribution in [2.24, 2.45) is 5.92 Å². The Morgan fingerprint density at radius 1 is 1.36 bits per heavy atom. The van der Waals surface area contributed by atoms with Gasteiger partial charge in [-0.15, -0.1) is 0 Å². The molecule has 3 heteroatoms. The summed E-state index contributed by atoms with van der Waals surface area (Å²) in [5.41, 5.74) is 2.59. The van der Waals surface area contributed by atoms with Crippen LogP contribution in [0.1, 0.15) is 52.4 Å². The fraction of sp³-hybridized carbons (Fsp3) is 0.909. The van der Waals surface area contributed by atoms with Gasteiger partial charge in [0.05, 0.1) is 6.10 Å². The number of nitrogens with one attached hydrogen (secondary N) is 1. The van der Waals surface area contributed by atoms with Crippen LogP contribution in [-0.2, 0) is 9.63 Å². The predicted molar refractivity (Wildman–Crippen MR) is 55.6 cm³/mol. The van der Waals surface area contributed by atoms with Crippen molar-refractivity contribution in [1.82, 2.24) is 5.48 Å². The van der Waals surface area contributed by atoms with Gasteiger partial charge in [0.25, 0.3) is 0 Å². The van der Waals surface area contributed by atoms with Crippen LogP contribution in [0, 0.1) is 5.92 Å². The zero-order valence-electron chi connectivity index (χ0n) is 9.21. The standard InChI is InChI=1S/C11H21NO2/c1-3-9(4-2)11(13)12-14-10-7-5-6-8-10/h9-10H,3-8H2,1-2H3,(H,12,13). The van der Waals surface area contributed by atoms with Gasteiger partial charge in [0, 0.05) is 5.92 Å². The first-order valence-corrected chi connectivity index (χ1v) is 5.73. The third kappa shape index (κ3) is 3.29. The Hall–Kier alpha value is -0.570. The van der Waals surface area contributed by atoms with Gasteiger partial charge in [-0.05, 0) is 25.7 Å². The summed E-state index contributed by atoms with van der Waals surface area (Å²) in [6.07, 6.45) is 6.66. The number of hydrogen-bond acceptors (Lipinski definition) is 2. The average Bonchev–Trinajstić information content (AvgIpc) is 2.69. The van der Waals surface area contributed by atoms with Gasteiger partial charge in [0.2, 0.25) is 5.91 Å². The Labute approximate surface area is 86.2 Å². The summed E-state index contributed by atoms with van der Waals surface area (Å²) < 4.78 is 0. The third-order valence-electron chi connectivity index (χ3n) is 2.98. The van der Waals surface area contributed by atoms with Gasteiger partial charge in [-0.3, -0.25) is 9.63 Å². The fourth-order valence-electron chi connectivity index (χ4n) is 1.89. The largest absolute Gasteiger partial charge is 0.273 e. The quantitative estimate of drug-likeness (QED) is 0.690. The van der Waals surface area contributed by atoms with Gasteiger partial charge in [-0.25, -0.2) is 5.48 Å². The molecule has 0 heterocycles. The van der Waals surface area contributed by atoms with Gasteiger partial charge >= 0.3 is 0 Å². The summed E-state index contributed by atoms with van der Waals surface area (Å²) in [4.78, 5) is 16.9. The highest BCUT2D eigenvalue weighted by Crippen LogP contribution is 2.20. The highest BCUT2D eigenvalue weighted by atomic mass is 16.7. The second-order valence-electron chi connectivity index (χ2n) is 4.00. The van der Waals surface area contributed by atoms with E-state index in [4.69, 9.17) is 4.84 Å². The van der Waals surface area contributed by atoms with Crippen LogP contribution in [0.15, 0.2) is 0 Å². The van der Waals surface area contributed by atoms with Crippen molar-refractivity contribution in [3.63, 3.8) is 0 Å². The third-order valence-corrected chi connectivity index (χ3v) is 2.98. The van der Waals surface area contributed by atoms with E-state index in [2.05, 4.69) is 5.48 Å². The number of hydrogen-bond donors (Lipinski definition) is 1. The molecule has 0 atom stereocenters. The molecule has 0 unspecified atom stereocenters. The first-order chi connectivity index (χ1) is 6.77. The molecule has 0 aromatic heterocycles. The Balaban J connectivity index is 2.18. The number of rotatable bonds is 5. The lowest BCUT2D eigenvalue weighted by molar-refractivity contribution is -0.142. The maximum Gasteiger partial charge on any atom is 0.246 e. The van der Waals surface area contributed by atoms with Crippen LogP contribution >= 0.6 is 0 Å². The molecule has 0 saturated heterocycles. The molecule has 82 valence electrons. The van der Waals surface area contributed by atoms with Crippen LogP contribution < -0.4 is 5.48 Å². The zero-order valence-corrected chi connectivity index (χ0v) is 9.21. The molecule has 0 radical (unpaired) electrons. The van der Waals surface area contributed by atoms with E-state index >= 15 is 0 Å². The van der Waals surface area contributed by atoms with Gasteiger partial charge in [0.1, 0.15) is 0 Å². The Morgan fingerprint density at radius 2 is 1.93 bits per heavy atom. The number of amides is 1. The topological polar surface area (TPSA) is 38.3 Å². The highest BCUT2D eigenvalue weighted by molar-refractivity contribution is 5.77. The second-order valence-corrected chi connectivity index (χ2v) is 4.00. The van der Waals surface area contributed by atoms with Gasteiger partial charge in [0.15, 0.2) is 0 Å². The minimum atomic E-state index is 0.0434. The summed E-state index contributed by atoms with van der Waals surface area (Å²) in [6, 6.07) is 0. The molecule has 14 heavy (non-hydrogen) atoms. The molecule has 1 aliphatic carbocycles. The summed E-state index contributed by atoms with van der Waals surface area (Å²) in [6.45, 7) is 4.06. The molecule has 0 aromatic carbocycles. The maximum absolute atomic E-state index is 11.5. The highest BCUT2D eigenvalue weighted by Gasteiger charge is 2.19. The zero-order chi connectivity index (χ0) is 10.4. The minimum absolute atomic E-state index is 0.0434. The van der Waals surface area contributed by atoms with E-state index in [-0.39, 0.29) is 17.9 Å². The lowest BCUT2D eigenvalue weighted by atomic mass is 10.0. The van der Waals surface area contributed by atoms with Crippen LogP contribution in [-0.4, -0.2) is 12.0 Å². The van der Waals surface area contributed by atoms with Gasteiger partial charge in [-0.1, -0.05) is 26.7 Å². The van der Waals surface area contributed by atoms with Crippen LogP contribution in [0.3, 0.4) is 0 Å². The van der Waals surface area contributed by atoms with Crippen molar-refractivity contribution in [3.8, 4) is 0 Å². The molecule has 1 N–H and O–H groups in total. The van der Waals surface area contributed by atoms with E-state index in [1.807, 2.05) is 13.8 Å². The van der Waals surface area contributed by atoms with Crippen LogP contribution in [0.5, 0.6) is 0 Å². The lowest BCUT2D eigenvalue weighted by Crippen LogP contribution is -2.33. The summed E-state index contributed by atoms with van der Waals surface area (Å²) in [5.74, 6) is 0.151. The molecule has 1 aliphatic rings. The van der Waals surface area contributed by atoms with E-state index < -0.39 is 0 Å². The summed E-state index contributed by atoms with van der Waals surface area (Å²) in [7, 11) is 0. The van der Waals surface area contributed by atoms with E-state index in [0.717, 1.165) is 25.7 Å². The summed E-state index contributed by atoms with van der Waals surface area (Å²) in [5, 5.41) is 0. The smallest absolute Gasteiger partial charge is 0.246 e. The van der Waals surface area contributed by atoms with Crippen molar-refractivity contribution in [1.29, 1.82) is 0 Å². The number of carbonyl (C=O) groups excluding carboxylic acids is 1. The molecule has 1 fully saturated rings. The van der Waals surface area contributed by atoms with Crippen LogP contribution in [0.2, 0.25) is 0 Å². The Kier molecular flexibility index (Phi) is 4.94. The Bertz CT molecular complexity index is 172. The van der Waals surface area contributed by atoms with Crippen molar-refractivity contribution in [2.75, 3.05) is 0 Å². The van der Waals surface area contributed by atoms with Crippen molar-refractivity contribution >= 4 is 5.91 Å². The van der Waals surface area contributed by atoms with E-state index in [9.17, 15) is 4.79 Å². The molecule has 0 spiro atoms. The molecule has 0 aromatic rings. The first-order valence-electron chi connectivity index (χ1n) is 5.73. The lowest BCUT2D eigenvalue weighted by Gasteiger charge is -2.15. The van der Waals surface area contributed by atoms with Crippen molar-refractivity contribution in [2.45, 2.75) is 58.5 Å². The maximum atomic E-state index is 11.5. The normalized spacial score (nSPS) is 17.6. The molecule has 1 amide bonds. The van der Waals surface area contributed by atoms with Crippen molar-refractivity contribution in [3.05, 3.63) is 0 Å². The predicted octanol–water partition coefficient (Wildman–Crippen LogP) is 2.41. The van der Waals surface area contributed by atoms with Gasteiger partial charge in [-0.2, -0.15) is 0 Å². The first kappa shape index (κ1) is 11.5. The molecular weight excluding hydrogens is 178 g/mol.